The highest BCUT2D eigenvalue weighted by molar-refractivity contribution is 7.89. The molecule has 0 atom stereocenters. The number of imidazole rings is 1. The van der Waals surface area contributed by atoms with E-state index in [0.717, 1.165) is 30.8 Å². The minimum atomic E-state index is -3.64. The van der Waals surface area contributed by atoms with Crippen molar-refractivity contribution in [2.24, 2.45) is 0 Å². The molecule has 0 unspecified atom stereocenters. The Labute approximate surface area is 163 Å². The number of ether oxygens (including phenoxy) is 1. The van der Waals surface area contributed by atoms with Gasteiger partial charge >= 0.3 is 0 Å². The monoisotopic (exact) mass is 401 g/mol. The first kappa shape index (κ1) is 18.6. The van der Waals surface area contributed by atoms with Gasteiger partial charge in [0.2, 0.25) is 10.0 Å². The van der Waals surface area contributed by atoms with Gasteiger partial charge in [0, 0.05) is 24.7 Å². The number of sulfonamides is 1. The Balaban J connectivity index is 1.82. The van der Waals surface area contributed by atoms with Gasteiger partial charge < -0.3 is 9.30 Å². The third kappa shape index (κ3) is 3.41. The fraction of sp³-hybridized carbons (Fsp3) is 0.250. The Morgan fingerprint density at radius 3 is 2.68 bits per heavy atom. The molecule has 1 aromatic heterocycles. The molecule has 0 amide bonds. The molecule has 146 valence electrons. The lowest BCUT2D eigenvalue weighted by molar-refractivity contribution is 0.443. The molecule has 0 saturated carbocycles. The van der Waals surface area contributed by atoms with Crippen LogP contribution in [-0.4, -0.2) is 25.0 Å². The van der Waals surface area contributed by atoms with Crippen LogP contribution < -0.4 is 9.46 Å². The molecule has 1 N–H and O–H groups in total. The third-order valence-electron chi connectivity index (χ3n) is 4.77. The van der Waals surface area contributed by atoms with Crippen molar-refractivity contribution in [3.8, 4) is 22.8 Å². The van der Waals surface area contributed by atoms with Crippen LogP contribution in [0.5, 0.6) is 11.5 Å². The van der Waals surface area contributed by atoms with E-state index in [1.807, 2.05) is 10.8 Å². The van der Waals surface area contributed by atoms with E-state index in [-0.39, 0.29) is 10.6 Å². The second-order valence-electron chi connectivity index (χ2n) is 6.74. The normalized spacial score (nSPS) is 13.5. The molecule has 1 aliphatic heterocycles. The van der Waals surface area contributed by atoms with Crippen molar-refractivity contribution in [3.05, 3.63) is 59.8 Å². The number of hydrogen-bond acceptors (Lipinski definition) is 4. The van der Waals surface area contributed by atoms with Crippen molar-refractivity contribution in [2.75, 3.05) is 7.05 Å². The van der Waals surface area contributed by atoms with Gasteiger partial charge in [0.1, 0.15) is 11.6 Å². The number of fused-ring (bicyclic) bond motifs is 1. The molecule has 3 aromatic rings. The van der Waals surface area contributed by atoms with E-state index in [1.165, 1.54) is 31.3 Å². The fourth-order valence-electron chi connectivity index (χ4n) is 3.28. The summed E-state index contributed by atoms with van der Waals surface area (Å²) in [4.78, 5) is 4.72. The van der Waals surface area contributed by atoms with Crippen LogP contribution in [0.2, 0.25) is 0 Å². The summed E-state index contributed by atoms with van der Waals surface area (Å²) < 4.78 is 48.9. The van der Waals surface area contributed by atoms with Crippen LogP contribution in [0.15, 0.2) is 47.5 Å². The van der Waals surface area contributed by atoms with E-state index in [1.54, 1.807) is 19.1 Å². The highest BCUT2D eigenvalue weighted by atomic mass is 32.2. The smallest absolute Gasteiger partial charge is 0.240 e. The van der Waals surface area contributed by atoms with Gasteiger partial charge in [-0.1, -0.05) is 6.07 Å². The number of rotatable bonds is 5. The summed E-state index contributed by atoms with van der Waals surface area (Å²) in [6, 6.07) is 9.16. The maximum absolute atomic E-state index is 14.3. The van der Waals surface area contributed by atoms with E-state index in [9.17, 15) is 12.8 Å². The van der Waals surface area contributed by atoms with Gasteiger partial charge in [-0.05, 0) is 56.3 Å². The standard InChI is InChI=1S/C20H20FN3O3S/c1-13-5-7-19(16(21)10-13)27-18-8-6-14(28(25,26)22-2)11-15(18)17-12-24-9-3-4-20(24)23-17/h5-8,10-12,22H,3-4,9H2,1-2H3. The highest BCUT2D eigenvalue weighted by Crippen LogP contribution is 2.36. The summed E-state index contributed by atoms with van der Waals surface area (Å²) >= 11 is 0. The lowest BCUT2D eigenvalue weighted by Crippen LogP contribution is -2.18. The zero-order valence-corrected chi connectivity index (χ0v) is 16.4. The molecule has 0 saturated heterocycles. The summed E-state index contributed by atoms with van der Waals surface area (Å²) in [5.74, 6) is 0.881. The van der Waals surface area contributed by atoms with Gasteiger partial charge in [0.05, 0.1) is 10.6 Å². The Morgan fingerprint density at radius 1 is 1.18 bits per heavy atom. The van der Waals surface area contributed by atoms with Gasteiger partial charge in [0.25, 0.3) is 0 Å². The summed E-state index contributed by atoms with van der Waals surface area (Å²) in [7, 11) is -2.29. The number of nitrogens with one attached hydrogen (secondary N) is 1. The molecule has 0 bridgehead atoms. The zero-order chi connectivity index (χ0) is 19.9. The second-order valence-corrected chi connectivity index (χ2v) is 8.63. The van der Waals surface area contributed by atoms with Crippen molar-refractivity contribution in [3.63, 3.8) is 0 Å². The Morgan fingerprint density at radius 2 is 1.96 bits per heavy atom. The number of aromatic nitrogens is 2. The average Bonchev–Trinajstić information content (AvgIpc) is 3.26. The Kier molecular flexibility index (Phi) is 4.68. The summed E-state index contributed by atoms with van der Waals surface area (Å²) in [6.07, 6.45) is 3.79. The number of halogens is 1. The maximum atomic E-state index is 14.3. The van der Waals surface area contributed by atoms with Gasteiger partial charge in [0.15, 0.2) is 11.6 Å². The molecule has 1 aliphatic rings. The third-order valence-corrected chi connectivity index (χ3v) is 6.18. The quantitative estimate of drug-likeness (QED) is 0.708. The van der Waals surface area contributed by atoms with Crippen LogP contribution in [0.25, 0.3) is 11.3 Å². The molecule has 0 radical (unpaired) electrons. The number of hydrogen-bond donors (Lipinski definition) is 1. The summed E-state index contributed by atoms with van der Waals surface area (Å²) in [5, 5.41) is 0. The van der Waals surface area contributed by atoms with E-state index >= 15 is 0 Å². The molecule has 2 heterocycles. The van der Waals surface area contributed by atoms with E-state index in [4.69, 9.17) is 4.74 Å². The molecule has 2 aromatic carbocycles. The Hall–Kier alpha value is -2.71. The zero-order valence-electron chi connectivity index (χ0n) is 15.6. The van der Waals surface area contributed by atoms with Crippen molar-refractivity contribution >= 4 is 10.0 Å². The van der Waals surface area contributed by atoms with E-state index in [0.29, 0.717) is 17.0 Å². The molecular formula is C20H20FN3O3S. The predicted molar refractivity (Wildman–Crippen MR) is 103 cm³/mol. The molecule has 0 spiro atoms. The molecule has 6 nitrogen and oxygen atoms in total. The van der Waals surface area contributed by atoms with Crippen molar-refractivity contribution in [1.29, 1.82) is 0 Å². The topological polar surface area (TPSA) is 73.2 Å². The van der Waals surface area contributed by atoms with Crippen molar-refractivity contribution < 1.29 is 17.5 Å². The maximum Gasteiger partial charge on any atom is 0.240 e. The Bertz CT molecular complexity index is 1130. The lowest BCUT2D eigenvalue weighted by Gasteiger charge is -2.13. The molecule has 28 heavy (non-hydrogen) atoms. The first-order valence-corrected chi connectivity index (χ1v) is 10.4. The van der Waals surface area contributed by atoms with Crippen LogP contribution in [0.3, 0.4) is 0 Å². The second kappa shape index (κ2) is 7.03. The SMILES string of the molecule is CNS(=O)(=O)c1ccc(Oc2ccc(C)cc2F)c(-c2cn3c(n2)CCC3)c1. The first-order valence-electron chi connectivity index (χ1n) is 8.95. The number of aryl methyl sites for hydroxylation is 3. The molecular weight excluding hydrogens is 381 g/mol. The minimum absolute atomic E-state index is 0.0721. The highest BCUT2D eigenvalue weighted by Gasteiger charge is 2.21. The molecule has 0 fully saturated rings. The fourth-order valence-corrected chi connectivity index (χ4v) is 4.03. The molecule has 8 heteroatoms. The van der Waals surface area contributed by atoms with Crippen molar-refractivity contribution in [2.45, 2.75) is 31.2 Å². The first-order chi connectivity index (χ1) is 13.4. The van der Waals surface area contributed by atoms with Crippen LogP contribution in [0.4, 0.5) is 4.39 Å². The largest absolute Gasteiger partial charge is 0.454 e. The minimum Gasteiger partial charge on any atom is -0.454 e. The van der Waals surface area contributed by atoms with E-state index in [2.05, 4.69) is 9.71 Å². The number of benzene rings is 2. The predicted octanol–water partition coefficient (Wildman–Crippen LogP) is 3.64. The summed E-state index contributed by atoms with van der Waals surface area (Å²) in [5.41, 5.74) is 1.88. The summed E-state index contributed by atoms with van der Waals surface area (Å²) in [6.45, 7) is 2.67. The van der Waals surface area contributed by atoms with Crippen LogP contribution in [0, 0.1) is 12.7 Å². The van der Waals surface area contributed by atoms with Crippen molar-refractivity contribution in [1.82, 2.24) is 14.3 Å². The van der Waals surface area contributed by atoms with Gasteiger partial charge in [-0.15, -0.1) is 0 Å². The van der Waals surface area contributed by atoms with Gasteiger partial charge in [-0.25, -0.2) is 22.5 Å². The lowest BCUT2D eigenvalue weighted by atomic mass is 10.1. The van der Waals surface area contributed by atoms with Crippen LogP contribution in [-0.2, 0) is 23.0 Å². The van der Waals surface area contributed by atoms with Gasteiger partial charge in [-0.2, -0.15) is 0 Å². The average molecular weight is 401 g/mol. The van der Waals surface area contributed by atoms with Gasteiger partial charge in [-0.3, -0.25) is 0 Å². The van der Waals surface area contributed by atoms with Crippen LogP contribution >= 0.6 is 0 Å². The molecule has 4 rings (SSSR count). The molecule has 0 aliphatic carbocycles. The van der Waals surface area contributed by atoms with Crippen LogP contribution in [0.1, 0.15) is 17.8 Å². The van der Waals surface area contributed by atoms with E-state index < -0.39 is 15.8 Å². The number of nitrogens with zero attached hydrogens (tertiary/aromatic N) is 2.